The molecule has 0 unspecified atom stereocenters. The summed E-state index contributed by atoms with van der Waals surface area (Å²) in [5, 5.41) is 7.53. The Morgan fingerprint density at radius 1 is 1.20 bits per heavy atom. The van der Waals surface area contributed by atoms with E-state index in [1.165, 1.54) is 22.1 Å². The topological polar surface area (TPSA) is 82.7 Å². The van der Waals surface area contributed by atoms with Gasteiger partial charge in [0.1, 0.15) is 5.01 Å². The van der Waals surface area contributed by atoms with Crippen molar-refractivity contribution in [3.05, 3.63) is 63.0 Å². The second kappa shape index (κ2) is 8.04. The lowest BCUT2D eigenvalue weighted by Crippen LogP contribution is -2.23. The Balaban J connectivity index is 1.47. The predicted octanol–water partition coefficient (Wildman–Crippen LogP) is 2.71. The number of rotatable bonds is 7. The van der Waals surface area contributed by atoms with E-state index in [4.69, 9.17) is 0 Å². The van der Waals surface area contributed by atoms with Crippen molar-refractivity contribution in [2.45, 2.75) is 20.4 Å². The number of nitrogens with one attached hydrogen (secondary N) is 3. The number of H-pyrrole nitrogens is 1. The molecule has 7 heteroatoms. The fourth-order valence-electron chi connectivity index (χ4n) is 2.47. The molecule has 0 bridgehead atoms. The van der Waals surface area contributed by atoms with E-state index >= 15 is 0 Å². The maximum absolute atomic E-state index is 11.4. The van der Waals surface area contributed by atoms with Crippen molar-refractivity contribution in [3.63, 3.8) is 0 Å². The molecule has 0 atom stereocenters. The summed E-state index contributed by atoms with van der Waals surface area (Å²) in [5.41, 5.74) is 2.99. The van der Waals surface area contributed by atoms with Crippen LogP contribution in [0.3, 0.4) is 0 Å². The first kappa shape index (κ1) is 17.3. The number of hydrogen-bond donors (Lipinski definition) is 3. The fourth-order valence-corrected chi connectivity index (χ4v) is 3.44. The molecule has 0 fully saturated rings. The van der Waals surface area contributed by atoms with Crippen molar-refractivity contribution in [1.29, 1.82) is 0 Å². The summed E-state index contributed by atoms with van der Waals surface area (Å²) < 4.78 is 0. The van der Waals surface area contributed by atoms with Crippen molar-refractivity contribution >= 4 is 17.3 Å². The van der Waals surface area contributed by atoms with E-state index in [1.807, 2.05) is 18.3 Å². The highest BCUT2D eigenvalue weighted by atomic mass is 32.1. The molecule has 0 amide bonds. The minimum absolute atomic E-state index is 0.142. The first-order valence-corrected chi connectivity index (χ1v) is 8.97. The van der Waals surface area contributed by atoms with Crippen LogP contribution in [0.25, 0.3) is 10.6 Å². The highest BCUT2D eigenvalue weighted by molar-refractivity contribution is 7.15. The summed E-state index contributed by atoms with van der Waals surface area (Å²) in [7, 11) is 0. The third kappa shape index (κ3) is 4.74. The monoisotopic (exact) mass is 355 g/mol. The number of nitrogens with zero attached hydrogens (tertiary/aromatic N) is 2. The molecule has 6 nitrogen and oxygen atoms in total. The normalized spacial score (nSPS) is 10.8. The molecule has 3 rings (SSSR count). The van der Waals surface area contributed by atoms with Gasteiger partial charge in [-0.2, -0.15) is 0 Å². The molecular weight excluding hydrogens is 334 g/mol. The van der Waals surface area contributed by atoms with E-state index in [2.05, 4.69) is 44.6 Å². The number of aromatic amines is 1. The Morgan fingerprint density at radius 2 is 2.04 bits per heavy atom. The van der Waals surface area contributed by atoms with Crippen LogP contribution in [0.4, 0.5) is 5.95 Å². The molecule has 130 valence electrons. The number of anilines is 1. The van der Waals surface area contributed by atoms with Gasteiger partial charge in [-0.25, -0.2) is 9.97 Å². The van der Waals surface area contributed by atoms with Gasteiger partial charge in [-0.3, -0.25) is 9.78 Å². The zero-order valence-corrected chi connectivity index (χ0v) is 15.1. The van der Waals surface area contributed by atoms with Gasteiger partial charge in [-0.05, 0) is 19.4 Å². The van der Waals surface area contributed by atoms with Crippen LogP contribution in [0, 0.1) is 13.8 Å². The van der Waals surface area contributed by atoms with Crippen LogP contribution in [-0.2, 0) is 6.54 Å². The molecule has 3 aromatic rings. The van der Waals surface area contributed by atoms with Gasteiger partial charge in [0.2, 0.25) is 5.95 Å². The fraction of sp³-hybridized carbons (Fsp3) is 0.278. The largest absolute Gasteiger partial charge is 0.354 e. The van der Waals surface area contributed by atoms with Crippen LogP contribution in [0.2, 0.25) is 0 Å². The summed E-state index contributed by atoms with van der Waals surface area (Å²) in [6.07, 6.45) is 1.92. The van der Waals surface area contributed by atoms with E-state index in [0.29, 0.717) is 18.2 Å². The molecule has 2 aromatic heterocycles. The standard InChI is InChI=1S/C18H21N5OS/c1-12-5-3-4-6-15(12)17-21-11-14(25-17)10-19-7-8-20-18-22-13(2)9-16(24)23-18/h3-6,9,11,19H,7-8,10H2,1-2H3,(H2,20,22,23,24). The lowest BCUT2D eigenvalue weighted by molar-refractivity contribution is 0.710. The molecule has 0 saturated heterocycles. The minimum atomic E-state index is -0.142. The van der Waals surface area contributed by atoms with Crippen molar-refractivity contribution < 1.29 is 0 Å². The van der Waals surface area contributed by atoms with Gasteiger partial charge < -0.3 is 10.6 Å². The summed E-state index contributed by atoms with van der Waals surface area (Å²) in [6.45, 7) is 6.10. The molecule has 0 spiro atoms. The first-order valence-electron chi connectivity index (χ1n) is 8.15. The van der Waals surface area contributed by atoms with Crippen LogP contribution in [0.15, 0.2) is 41.3 Å². The molecule has 0 radical (unpaired) electrons. The molecular formula is C18H21N5OS. The average Bonchev–Trinajstić information content (AvgIpc) is 3.03. The van der Waals surface area contributed by atoms with Gasteiger partial charge >= 0.3 is 0 Å². The Labute approximate surface area is 150 Å². The van der Waals surface area contributed by atoms with E-state index in [0.717, 1.165) is 18.1 Å². The number of benzene rings is 1. The van der Waals surface area contributed by atoms with Gasteiger partial charge in [0.15, 0.2) is 0 Å². The third-order valence-electron chi connectivity index (χ3n) is 3.69. The van der Waals surface area contributed by atoms with Crippen LogP contribution in [-0.4, -0.2) is 28.0 Å². The summed E-state index contributed by atoms with van der Waals surface area (Å²) in [6, 6.07) is 9.75. The third-order valence-corrected chi connectivity index (χ3v) is 4.72. The Morgan fingerprint density at radius 3 is 2.84 bits per heavy atom. The average molecular weight is 355 g/mol. The van der Waals surface area contributed by atoms with E-state index < -0.39 is 0 Å². The number of thiazole rings is 1. The SMILES string of the molecule is Cc1cc(=O)[nH]c(NCCNCc2cnc(-c3ccccc3C)s2)n1. The van der Waals surface area contributed by atoms with Crippen molar-refractivity contribution in [3.8, 4) is 10.6 Å². The Kier molecular flexibility index (Phi) is 5.57. The summed E-state index contributed by atoms with van der Waals surface area (Å²) in [4.78, 5) is 24.0. The molecule has 0 aliphatic rings. The van der Waals surface area contributed by atoms with Gasteiger partial charge in [0.25, 0.3) is 5.56 Å². The minimum Gasteiger partial charge on any atom is -0.354 e. The molecule has 1 aromatic carbocycles. The van der Waals surface area contributed by atoms with Gasteiger partial charge in [0, 0.05) is 48.0 Å². The quantitative estimate of drug-likeness (QED) is 0.568. The van der Waals surface area contributed by atoms with Gasteiger partial charge in [-0.1, -0.05) is 24.3 Å². The number of hydrogen-bond acceptors (Lipinski definition) is 6. The summed E-state index contributed by atoms with van der Waals surface area (Å²) in [5.74, 6) is 0.506. The Hall–Kier alpha value is -2.51. The molecule has 3 N–H and O–H groups in total. The Bertz CT molecular complexity index is 902. The molecule has 0 saturated carbocycles. The maximum atomic E-state index is 11.4. The van der Waals surface area contributed by atoms with Crippen LogP contribution >= 0.6 is 11.3 Å². The second-order valence-corrected chi connectivity index (χ2v) is 6.90. The lowest BCUT2D eigenvalue weighted by atomic mass is 10.1. The smallest absolute Gasteiger partial charge is 0.252 e. The highest BCUT2D eigenvalue weighted by Crippen LogP contribution is 2.27. The molecule has 0 aliphatic carbocycles. The first-order chi connectivity index (χ1) is 12.1. The van der Waals surface area contributed by atoms with Crippen LogP contribution < -0.4 is 16.2 Å². The van der Waals surface area contributed by atoms with Crippen molar-refractivity contribution in [2.24, 2.45) is 0 Å². The molecule has 25 heavy (non-hydrogen) atoms. The van der Waals surface area contributed by atoms with Crippen molar-refractivity contribution in [1.82, 2.24) is 20.3 Å². The predicted molar refractivity (Wildman–Crippen MR) is 102 cm³/mol. The lowest BCUT2D eigenvalue weighted by Gasteiger charge is -2.06. The number of aryl methyl sites for hydroxylation is 2. The molecule has 0 aliphatic heterocycles. The van der Waals surface area contributed by atoms with Crippen LogP contribution in [0.5, 0.6) is 0 Å². The van der Waals surface area contributed by atoms with Crippen LogP contribution in [0.1, 0.15) is 16.1 Å². The van der Waals surface area contributed by atoms with Crippen molar-refractivity contribution in [2.75, 3.05) is 18.4 Å². The van der Waals surface area contributed by atoms with E-state index in [9.17, 15) is 4.79 Å². The zero-order valence-electron chi connectivity index (χ0n) is 14.3. The second-order valence-electron chi connectivity index (χ2n) is 5.79. The van der Waals surface area contributed by atoms with E-state index in [-0.39, 0.29) is 5.56 Å². The van der Waals surface area contributed by atoms with Gasteiger partial charge in [-0.15, -0.1) is 11.3 Å². The number of aromatic nitrogens is 3. The molecule has 2 heterocycles. The van der Waals surface area contributed by atoms with Gasteiger partial charge in [0.05, 0.1) is 0 Å². The summed E-state index contributed by atoms with van der Waals surface area (Å²) >= 11 is 1.70. The van der Waals surface area contributed by atoms with E-state index in [1.54, 1.807) is 18.3 Å². The maximum Gasteiger partial charge on any atom is 0.252 e. The zero-order chi connectivity index (χ0) is 17.6. The highest BCUT2D eigenvalue weighted by Gasteiger charge is 2.06.